The fourth-order valence-corrected chi connectivity index (χ4v) is 2.01. The molecule has 0 saturated heterocycles. The van der Waals surface area contributed by atoms with Gasteiger partial charge in [-0.2, -0.15) is 0 Å². The van der Waals surface area contributed by atoms with Crippen LogP contribution in [0, 0.1) is 0 Å². The Labute approximate surface area is 103 Å². The number of carbonyl (C=O) groups excluding carboxylic acids is 1. The Morgan fingerprint density at radius 2 is 2.33 bits per heavy atom. The van der Waals surface area contributed by atoms with Gasteiger partial charge in [-0.25, -0.2) is 9.50 Å². The predicted octanol–water partition coefficient (Wildman–Crippen LogP) is 0.632. The van der Waals surface area contributed by atoms with Crippen LogP contribution in [0.25, 0.3) is 11.2 Å². The van der Waals surface area contributed by atoms with E-state index in [2.05, 4.69) is 10.1 Å². The predicted molar refractivity (Wildman–Crippen MR) is 64.9 cm³/mol. The monoisotopic (exact) mass is 244 g/mol. The van der Waals surface area contributed by atoms with Crippen molar-refractivity contribution in [3.05, 3.63) is 35.8 Å². The van der Waals surface area contributed by atoms with E-state index in [1.807, 2.05) is 18.2 Å². The number of carbonyl (C=O) groups is 1. The van der Waals surface area contributed by atoms with Crippen LogP contribution in [0.3, 0.4) is 0 Å². The molecular weight excluding hydrogens is 232 g/mol. The van der Waals surface area contributed by atoms with Gasteiger partial charge in [0.2, 0.25) is 5.82 Å². The fourth-order valence-electron chi connectivity index (χ4n) is 2.01. The lowest BCUT2D eigenvalue weighted by Crippen LogP contribution is -2.13. The number of ether oxygens (including phenoxy) is 1. The number of rotatable bonds is 2. The molecule has 0 fully saturated rings. The molecule has 1 amide bonds. The van der Waals surface area contributed by atoms with Crippen LogP contribution < -0.4 is 5.73 Å². The third-order valence-corrected chi connectivity index (χ3v) is 2.87. The quantitative estimate of drug-likeness (QED) is 0.840. The number of nitrogens with two attached hydrogens (primary N) is 1. The number of hydrogen-bond acceptors (Lipinski definition) is 4. The lowest BCUT2D eigenvalue weighted by molar-refractivity contribution is 0.0990. The van der Waals surface area contributed by atoms with Crippen LogP contribution in [0.15, 0.2) is 24.3 Å². The van der Waals surface area contributed by atoms with Gasteiger partial charge in [0.1, 0.15) is 0 Å². The van der Waals surface area contributed by atoms with Crippen molar-refractivity contribution < 1.29 is 9.53 Å². The maximum atomic E-state index is 11.1. The third kappa shape index (κ3) is 1.76. The van der Waals surface area contributed by atoms with E-state index in [0.717, 1.165) is 17.7 Å². The minimum atomic E-state index is -0.620. The minimum Gasteiger partial charge on any atom is -0.377 e. The summed E-state index contributed by atoms with van der Waals surface area (Å²) in [6, 6.07) is 5.63. The Morgan fingerprint density at radius 3 is 3.06 bits per heavy atom. The maximum absolute atomic E-state index is 11.1. The Hall–Kier alpha value is -2.21. The summed E-state index contributed by atoms with van der Waals surface area (Å²) in [5, 5.41) is 4.14. The topological polar surface area (TPSA) is 82.5 Å². The van der Waals surface area contributed by atoms with Crippen molar-refractivity contribution in [2.75, 3.05) is 13.2 Å². The van der Waals surface area contributed by atoms with Crippen molar-refractivity contribution in [2.24, 2.45) is 5.73 Å². The lowest BCUT2D eigenvalue weighted by atomic mass is 10.1. The average Bonchev–Trinajstić information content (AvgIpc) is 2.83. The van der Waals surface area contributed by atoms with Gasteiger partial charge in [-0.3, -0.25) is 4.79 Å². The van der Waals surface area contributed by atoms with Crippen molar-refractivity contribution in [2.45, 2.75) is 6.42 Å². The van der Waals surface area contributed by atoms with E-state index < -0.39 is 5.91 Å². The van der Waals surface area contributed by atoms with E-state index >= 15 is 0 Å². The molecule has 3 rings (SSSR count). The molecule has 0 atom stereocenters. The summed E-state index contributed by atoms with van der Waals surface area (Å²) >= 11 is 0. The number of primary amides is 1. The summed E-state index contributed by atoms with van der Waals surface area (Å²) in [5.74, 6) is -0.583. The van der Waals surface area contributed by atoms with Crippen LogP contribution in [0.4, 0.5) is 0 Å². The average molecular weight is 244 g/mol. The van der Waals surface area contributed by atoms with Gasteiger partial charge in [-0.1, -0.05) is 12.1 Å². The fraction of sp³-hybridized carbons (Fsp3) is 0.250. The molecule has 0 radical (unpaired) electrons. The molecular formula is C12H12N4O2. The van der Waals surface area contributed by atoms with Crippen LogP contribution in [0.5, 0.6) is 0 Å². The van der Waals surface area contributed by atoms with Gasteiger partial charge < -0.3 is 10.5 Å². The summed E-state index contributed by atoms with van der Waals surface area (Å²) in [5.41, 5.74) is 7.89. The van der Waals surface area contributed by atoms with E-state index in [1.165, 1.54) is 0 Å². The largest absolute Gasteiger partial charge is 0.377 e. The van der Waals surface area contributed by atoms with Gasteiger partial charge >= 0.3 is 0 Å². The molecule has 1 aliphatic rings. The molecule has 0 spiro atoms. The Morgan fingerprint density at radius 1 is 1.44 bits per heavy atom. The van der Waals surface area contributed by atoms with Crippen molar-refractivity contribution in [3.63, 3.8) is 0 Å². The summed E-state index contributed by atoms with van der Waals surface area (Å²) < 4.78 is 6.93. The van der Waals surface area contributed by atoms with Gasteiger partial charge in [-0.15, -0.1) is 5.10 Å². The van der Waals surface area contributed by atoms with Gasteiger partial charge in [0.15, 0.2) is 5.65 Å². The van der Waals surface area contributed by atoms with E-state index in [1.54, 1.807) is 10.6 Å². The van der Waals surface area contributed by atoms with Crippen molar-refractivity contribution >= 4 is 17.1 Å². The zero-order chi connectivity index (χ0) is 12.5. The molecule has 0 aromatic carbocycles. The summed E-state index contributed by atoms with van der Waals surface area (Å²) in [6.07, 6.45) is 2.84. The molecule has 92 valence electrons. The third-order valence-electron chi connectivity index (χ3n) is 2.87. The second-order valence-electron chi connectivity index (χ2n) is 4.03. The highest BCUT2D eigenvalue weighted by molar-refractivity contribution is 5.89. The zero-order valence-corrected chi connectivity index (χ0v) is 9.67. The number of nitrogens with zero attached hydrogens (tertiary/aromatic N) is 3. The SMILES string of the molecule is NC(=O)c1nc2cccc(C3=CCOCC3)n2n1. The zero-order valence-electron chi connectivity index (χ0n) is 9.67. The molecule has 0 unspecified atom stereocenters. The van der Waals surface area contributed by atoms with E-state index in [0.29, 0.717) is 18.9 Å². The molecule has 2 aromatic rings. The van der Waals surface area contributed by atoms with E-state index in [-0.39, 0.29) is 5.82 Å². The standard InChI is InChI=1S/C12H12N4O2/c13-11(17)12-14-10-3-1-2-9(16(10)15-12)8-4-6-18-7-5-8/h1-4H,5-7H2,(H2,13,17). The highest BCUT2D eigenvalue weighted by Crippen LogP contribution is 2.21. The molecule has 18 heavy (non-hydrogen) atoms. The number of fused-ring (bicyclic) bond motifs is 1. The summed E-state index contributed by atoms with van der Waals surface area (Å²) in [6.45, 7) is 1.29. The number of pyridine rings is 1. The van der Waals surface area contributed by atoms with Gasteiger partial charge in [0, 0.05) is 0 Å². The van der Waals surface area contributed by atoms with Crippen molar-refractivity contribution in [1.82, 2.24) is 14.6 Å². The summed E-state index contributed by atoms with van der Waals surface area (Å²) in [7, 11) is 0. The number of hydrogen-bond donors (Lipinski definition) is 1. The number of aromatic nitrogens is 3. The second-order valence-corrected chi connectivity index (χ2v) is 4.03. The molecule has 1 aliphatic heterocycles. The normalized spacial score (nSPS) is 15.7. The highest BCUT2D eigenvalue weighted by Gasteiger charge is 2.14. The molecule has 0 saturated carbocycles. The van der Waals surface area contributed by atoms with Crippen LogP contribution in [-0.2, 0) is 4.74 Å². The first-order valence-electron chi connectivity index (χ1n) is 5.68. The van der Waals surface area contributed by atoms with E-state index in [4.69, 9.17) is 10.5 Å². The molecule has 2 N–H and O–H groups in total. The Bertz CT molecular complexity index is 645. The Balaban J connectivity index is 2.16. The molecule has 2 aromatic heterocycles. The molecule has 0 bridgehead atoms. The van der Waals surface area contributed by atoms with Crippen LogP contribution >= 0.6 is 0 Å². The molecule has 0 aliphatic carbocycles. The first kappa shape index (κ1) is 10.9. The van der Waals surface area contributed by atoms with Crippen molar-refractivity contribution in [1.29, 1.82) is 0 Å². The van der Waals surface area contributed by atoms with Crippen molar-refractivity contribution in [3.8, 4) is 0 Å². The van der Waals surface area contributed by atoms with Gasteiger partial charge in [0.05, 0.1) is 18.9 Å². The maximum Gasteiger partial charge on any atom is 0.288 e. The van der Waals surface area contributed by atoms with Crippen LogP contribution in [0.2, 0.25) is 0 Å². The minimum absolute atomic E-state index is 0.0371. The molecule has 3 heterocycles. The second kappa shape index (κ2) is 4.23. The lowest BCUT2D eigenvalue weighted by Gasteiger charge is -2.14. The highest BCUT2D eigenvalue weighted by atomic mass is 16.5. The van der Waals surface area contributed by atoms with Crippen LogP contribution in [-0.4, -0.2) is 33.7 Å². The molecule has 6 heteroatoms. The first-order valence-corrected chi connectivity index (χ1v) is 5.68. The summed E-state index contributed by atoms with van der Waals surface area (Å²) in [4.78, 5) is 15.2. The van der Waals surface area contributed by atoms with Gasteiger partial charge in [-0.05, 0) is 24.1 Å². The van der Waals surface area contributed by atoms with Gasteiger partial charge in [0.25, 0.3) is 5.91 Å². The van der Waals surface area contributed by atoms with Crippen LogP contribution in [0.1, 0.15) is 22.7 Å². The smallest absolute Gasteiger partial charge is 0.288 e. The van der Waals surface area contributed by atoms with E-state index in [9.17, 15) is 4.79 Å². The Kier molecular flexibility index (Phi) is 2.56. The molecule has 6 nitrogen and oxygen atoms in total. The number of amides is 1. The first-order chi connectivity index (χ1) is 8.75.